The zero-order valence-corrected chi connectivity index (χ0v) is 49.0. The van der Waals surface area contributed by atoms with E-state index in [0.29, 0.717) is 19.3 Å². The summed E-state index contributed by atoms with van der Waals surface area (Å²) in [6, 6.07) is 0. The van der Waals surface area contributed by atoms with Crippen LogP contribution >= 0.6 is 0 Å². The molecule has 6 heteroatoms. The summed E-state index contributed by atoms with van der Waals surface area (Å²) in [6.07, 6.45) is 85.4. The quantitative estimate of drug-likeness (QED) is 0.0261. The highest BCUT2D eigenvalue weighted by Crippen LogP contribution is 2.16. The molecule has 0 N–H and O–H groups in total. The SMILES string of the molecule is CCCCC/C=C\C/C=C\C/C=C\C/C=C\C/C=C\CCC(=O)O[C@H](COC(=O)CCC/C=C\C/C=C\C/C=C\C/C=C\CCCCC)COC(=O)CCCCCCCCCCCCCCCCCCCCCCC. The molecule has 0 aliphatic carbocycles. The van der Waals surface area contributed by atoms with Crippen molar-refractivity contribution >= 4 is 17.9 Å². The lowest BCUT2D eigenvalue weighted by Crippen LogP contribution is -2.30. The molecule has 0 aromatic carbocycles. The summed E-state index contributed by atoms with van der Waals surface area (Å²) in [5.41, 5.74) is 0. The van der Waals surface area contributed by atoms with Crippen molar-refractivity contribution in [2.24, 2.45) is 0 Å². The van der Waals surface area contributed by atoms with Gasteiger partial charge in [0.25, 0.3) is 0 Å². The van der Waals surface area contributed by atoms with Crippen molar-refractivity contribution in [3.8, 4) is 0 Å². The summed E-state index contributed by atoms with van der Waals surface area (Å²) in [6.45, 7) is 6.50. The molecule has 0 spiro atoms. The molecule has 0 aromatic rings. The number of hydrogen-bond donors (Lipinski definition) is 0. The molecule has 0 aromatic heterocycles. The molecule has 75 heavy (non-hydrogen) atoms. The Bertz CT molecular complexity index is 1520. The van der Waals surface area contributed by atoms with Crippen LogP contribution in [-0.4, -0.2) is 37.2 Å². The van der Waals surface area contributed by atoms with E-state index >= 15 is 0 Å². The van der Waals surface area contributed by atoms with E-state index in [2.05, 4.69) is 124 Å². The van der Waals surface area contributed by atoms with Gasteiger partial charge in [-0.05, 0) is 96.3 Å². The lowest BCUT2D eigenvalue weighted by molar-refractivity contribution is -0.166. The van der Waals surface area contributed by atoms with E-state index in [-0.39, 0.29) is 38.0 Å². The first kappa shape index (κ1) is 71.1. The fraction of sp³-hybridized carbons (Fsp3) is 0.696. The van der Waals surface area contributed by atoms with Gasteiger partial charge in [0.2, 0.25) is 0 Å². The van der Waals surface area contributed by atoms with Crippen LogP contribution in [0, 0.1) is 0 Å². The molecule has 0 unspecified atom stereocenters. The second-order valence-electron chi connectivity index (χ2n) is 20.6. The molecule has 0 bridgehead atoms. The Balaban J connectivity index is 4.53. The van der Waals surface area contributed by atoms with Crippen molar-refractivity contribution < 1.29 is 28.6 Å². The first-order valence-electron chi connectivity index (χ1n) is 31.4. The van der Waals surface area contributed by atoms with Gasteiger partial charge in [-0.25, -0.2) is 0 Å². The predicted molar refractivity (Wildman–Crippen MR) is 325 cm³/mol. The third kappa shape index (κ3) is 60.8. The number of unbranched alkanes of at least 4 members (excludes halogenated alkanes) is 27. The van der Waals surface area contributed by atoms with Crippen LogP contribution in [-0.2, 0) is 28.6 Å². The average molecular weight is 1040 g/mol. The fourth-order valence-electron chi connectivity index (χ4n) is 8.54. The number of rotatable bonds is 56. The van der Waals surface area contributed by atoms with Crippen molar-refractivity contribution in [2.75, 3.05) is 13.2 Å². The van der Waals surface area contributed by atoms with Gasteiger partial charge in [0.15, 0.2) is 6.10 Å². The van der Waals surface area contributed by atoms with Gasteiger partial charge in [-0.1, -0.05) is 284 Å². The monoisotopic (exact) mass is 1040 g/mol. The maximum atomic E-state index is 12.9. The summed E-state index contributed by atoms with van der Waals surface area (Å²) in [5.74, 6) is -1.06. The number of esters is 3. The van der Waals surface area contributed by atoms with E-state index in [4.69, 9.17) is 14.2 Å². The Kier molecular flexibility index (Phi) is 59.3. The molecular weight excluding hydrogens is 925 g/mol. The van der Waals surface area contributed by atoms with Crippen LogP contribution in [0.5, 0.6) is 0 Å². The first-order chi connectivity index (χ1) is 37.0. The molecule has 0 amide bonds. The molecule has 0 radical (unpaired) electrons. The summed E-state index contributed by atoms with van der Waals surface area (Å²) in [7, 11) is 0. The van der Waals surface area contributed by atoms with Crippen LogP contribution in [0.3, 0.4) is 0 Å². The molecular formula is C69H116O6. The van der Waals surface area contributed by atoms with Crippen LogP contribution < -0.4 is 0 Å². The molecule has 0 rings (SSSR count). The van der Waals surface area contributed by atoms with Crippen LogP contribution in [0.1, 0.15) is 290 Å². The van der Waals surface area contributed by atoms with Crippen LogP contribution in [0.25, 0.3) is 0 Å². The standard InChI is InChI=1S/C69H116O6/c1-4-7-10-13-16-19-22-25-28-31-33-34-36-38-41-44-47-50-53-56-59-62-68(71)74-65-66(64-73-67(70)61-58-55-52-49-46-43-40-37-30-27-24-21-18-15-12-9-6-3)75-69(72)63-60-57-54-51-48-45-42-39-35-32-29-26-23-20-17-14-11-8-5-2/h17-18,20-21,26-27,29-30,35,39-40,43,45,48-49,52,54,57,66H,4-16,19,22-25,28,31-34,36-38,41-42,44,46-47,50-51,53,55-56,58-65H2,1-3H3/b20-17-,21-18-,29-26-,30-27-,39-35-,43-40-,48-45-,52-49-,57-54-/t66-/m1/s1. The van der Waals surface area contributed by atoms with Crippen molar-refractivity contribution in [1.82, 2.24) is 0 Å². The summed E-state index contributed by atoms with van der Waals surface area (Å²) >= 11 is 0. The van der Waals surface area contributed by atoms with Crippen molar-refractivity contribution in [2.45, 2.75) is 297 Å². The lowest BCUT2D eigenvalue weighted by atomic mass is 10.0. The van der Waals surface area contributed by atoms with E-state index in [9.17, 15) is 14.4 Å². The van der Waals surface area contributed by atoms with Crippen molar-refractivity contribution in [3.05, 3.63) is 109 Å². The largest absolute Gasteiger partial charge is 0.462 e. The topological polar surface area (TPSA) is 78.9 Å². The zero-order valence-electron chi connectivity index (χ0n) is 49.0. The molecule has 6 nitrogen and oxygen atoms in total. The minimum Gasteiger partial charge on any atom is -0.462 e. The number of ether oxygens (including phenoxy) is 3. The Morgan fingerprint density at radius 2 is 0.520 bits per heavy atom. The Hall–Kier alpha value is -3.93. The fourth-order valence-corrected chi connectivity index (χ4v) is 8.54. The average Bonchev–Trinajstić information content (AvgIpc) is 3.41. The maximum absolute atomic E-state index is 12.9. The third-order valence-electron chi connectivity index (χ3n) is 13.3. The molecule has 0 saturated carbocycles. The van der Waals surface area contributed by atoms with E-state index in [1.165, 1.54) is 167 Å². The second-order valence-corrected chi connectivity index (χ2v) is 20.6. The predicted octanol–water partition coefficient (Wildman–Crippen LogP) is 21.4. The number of carbonyl (C=O) groups is 3. The zero-order chi connectivity index (χ0) is 54.3. The summed E-state index contributed by atoms with van der Waals surface area (Å²) in [4.78, 5) is 38.2. The van der Waals surface area contributed by atoms with E-state index in [1.54, 1.807) is 0 Å². The highest BCUT2D eigenvalue weighted by molar-refractivity contribution is 5.71. The van der Waals surface area contributed by atoms with Crippen LogP contribution in [0.15, 0.2) is 109 Å². The van der Waals surface area contributed by atoms with Gasteiger partial charge in [0.1, 0.15) is 13.2 Å². The summed E-state index contributed by atoms with van der Waals surface area (Å²) in [5, 5.41) is 0. The van der Waals surface area contributed by atoms with Crippen molar-refractivity contribution in [1.29, 1.82) is 0 Å². The molecule has 0 heterocycles. The molecule has 1 atom stereocenters. The Labute approximate surface area is 463 Å². The maximum Gasteiger partial charge on any atom is 0.306 e. The normalized spacial score (nSPS) is 12.8. The molecule has 0 aliphatic heterocycles. The number of carbonyl (C=O) groups excluding carboxylic acids is 3. The van der Waals surface area contributed by atoms with Gasteiger partial charge < -0.3 is 14.2 Å². The minimum atomic E-state index is -0.841. The highest BCUT2D eigenvalue weighted by atomic mass is 16.6. The minimum absolute atomic E-state index is 0.124. The lowest BCUT2D eigenvalue weighted by Gasteiger charge is -2.18. The van der Waals surface area contributed by atoms with Gasteiger partial charge >= 0.3 is 17.9 Å². The van der Waals surface area contributed by atoms with E-state index < -0.39 is 12.1 Å². The van der Waals surface area contributed by atoms with Gasteiger partial charge in [-0.15, -0.1) is 0 Å². The Morgan fingerprint density at radius 3 is 0.853 bits per heavy atom. The van der Waals surface area contributed by atoms with Gasteiger partial charge in [-0.2, -0.15) is 0 Å². The molecule has 0 fully saturated rings. The Morgan fingerprint density at radius 1 is 0.267 bits per heavy atom. The summed E-state index contributed by atoms with van der Waals surface area (Å²) < 4.78 is 16.8. The van der Waals surface area contributed by atoms with Crippen molar-refractivity contribution in [3.63, 3.8) is 0 Å². The third-order valence-corrected chi connectivity index (χ3v) is 13.3. The van der Waals surface area contributed by atoms with Gasteiger partial charge in [0.05, 0.1) is 0 Å². The highest BCUT2D eigenvalue weighted by Gasteiger charge is 2.19. The van der Waals surface area contributed by atoms with E-state index in [1.807, 2.05) is 6.08 Å². The second kappa shape index (κ2) is 62.6. The smallest absolute Gasteiger partial charge is 0.306 e. The molecule has 428 valence electrons. The molecule has 0 saturated heterocycles. The number of hydrogen-bond acceptors (Lipinski definition) is 6. The first-order valence-corrected chi connectivity index (χ1v) is 31.4. The van der Waals surface area contributed by atoms with E-state index in [0.717, 1.165) is 70.6 Å². The molecule has 0 aliphatic rings. The van der Waals surface area contributed by atoms with Gasteiger partial charge in [-0.3, -0.25) is 14.4 Å². The van der Waals surface area contributed by atoms with Crippen LogP contribution in [0.2, 0.25) is 0 Å². The number of allylic oxidation sites excluding steroid dienone is 18. The van der Waals surface area contributed by atoms with Gasteiger partial charge in [0, 0.05) is 19.3 Å². The van der Waals surface area contributed by atoms with Crippen LogP contribution in [0.4, 0.5) is 0 Å².